The molecule has 0 spiro atoms. The number of hydrogen-bond donors (Lipinski definition) is 0. The predicted octanol–water partition coefficient (Wildman–Crippen LogP) is 4.56. The lowest BCUT2D eigenvalue weighted by molar-refractivity contribution is 0.674. The molecule has 0 unspecified atom stereocenters. The predicted molar refractivity (Wildman–Crippen MR) is 71.2 cm³/mol. The van der Waals surface area contributed by atoms with E-state index in [1.54, 1.807) is 0 Å². The summed E-state index contributed by atoms with van der Waals surface area (Å²) in [6.07, 6.45) is 10.6. The molecule has 0 aliphatic carbocycles. The monoisotopic (exact) mass is 212 g/mol. The fraction of sp³-hybridized carbons (Fsp3) is 0.375. The molecule has 16 heavy (non-hydrogen) atoms. The van der Waals surface area contributed by atoms with Crippen molar-refractivity contribution in [2.24, 2.45) is 0 Å². The van der Waals surface area contributed by atoms with Crippen LogP contribution in [0.3, 0.4) is 0 Å². The Morgan fingerprint density at radius 1 is 1.06 bits per heavy atom. The normalized spacial score (nSPS) is 10.1. The highest BCUT2D eigenvalue weighted by Crippen LogP contribution is 2.02. The number of unbranched alkanes of at least 4 members (excludes halogenated alkanes) is 4. The zero-order valence-corrected chi connectivity index (χ0v) is 10.1. The molecule has 0 N–H and O–H groups in total. The Hall–Kier alpha value is -1.48. The molecule has 0 fully saturated rings. The quantitative estimate of drug-likeness (QED) is 0.495. The number of benzene rings is 1. The van der Waals surface area contributed by atoms with Crippen LogP contribution in [0.5, 0.6) is 0 Å². The molecule has 0 amide bonds. The van der Waals surface area contributed by atoms with Crippen molar-refractivity contribution in [2.75, 3.05) is 0 Å². The zero-order valence-electron chi connectivity index (χ0n) is 10.1. The van der Waals surface area contributed by atoms with Crippen molar-refractivity contribution in [2.45, 2.75) is 39.0 Å². The molecule has 0 heterocycles. The maximum Gasteiger partial charge on any atom is 0.0248 e. The van der Waals surface area contributed by atoms with Crippen molar-refractivity contribution >= 4 is 0 Å². The number of rotatable bonds is 5. The molecule has 1 aromatic carbocycles. The van der Waals surface area contributed by atoms with Gasteiger partial charge in [0.1, 0.15) is 0 Å². The van der Waals surface area contributed by atoms with E-state index in [-0.39, 0.29) is 0 Å². The molecule has 0 saturated carbocycles. The fourth-order valence-corrected chi connectivity index (χ4v) is 1.48. The second-order valence-electron chi connectivity index (χ2n) is 3.89. The van der Waals surface area contributed by atoms with E-state index < -0.39 is 0 Å². The summed E-state index contributed by atoms with van der Waals surface area (Å²) in [4.78, 5) is 0. The summed E-state index contributed by atoms with van der Waals surface area (Å²) in [5.41, 5.74) is 1.08. The van der Waals surface area contributed by atoms with Crippen LogP contribution in [0, 0.1) is 11.8 Å². The van der Waals surface area contributed by atoms with Crippen LogP contribution < -0.4 is 0 Å². The molecule has 0 atom stereocenters. The summed E-state index contributed by atoms with van der Waals surface area (Å²) in [6.45, 7) is 2.24. The summed E-state index contributed by atoms with van der Waals surface area (Å²) in [6, 6.07) is 10.1. The standard InChI is InChI=1S/C16H20/c1-2-3-4-5-6-7-8-10-13-16-14-11-9-12-15-16/h7-9,11-12,14-15H,2-6H2,1H3/b8-7-. The van der Waals surface area contributed by atoms with Crippen LogP contribution in [0.25, 0.3) is 0 Å². The van der Waals surface area contributed by atoms with Gasteiger partial charge in [0, 0.05) is 5.56 Å². The second-order valence-corrected chi connectivity index (χ2v) is 3.89. The van der Waals surface area contributed by atoms with Gasteiger partial charge in [-0.3, -0.25) is 0 Å². The highest BCUT2D eigenvalue weighted by Gasteiger charge is 1.83. The van der Waals surface area contributed by atoms with Crippen LogP contribution in [0.2, 0.25) is 0 Å². The maximum absolute atomic E-state index is 3.11. The van der Waals surface area contributed by atoms with Gasteiger partial charge in [0.2, 0.25) is 0 Å². The first-order chi connectivity index (χ1) is 7.93. The van der Waals surface area contributed by atoms with E-state index in [9.17, 15) is 0 Å². The van der Waals surface area contributed by atoms with Crippen LogP contribution in [-0.2, 0) is 0 Å². The van der Waals surface area contributed by atoms with Gasteiger partial charge in [0.05, 0.1) is 0 Å². The van der Waals surface area contributed by atoms with Crippen LogP contribution in [0.1, 0.15) is 44.6 Å². The lowest BCUT2D eigenvalue weighted by Gasteiger charge is -1.92. The Morgan fingerprint density at radius 2 is 1.88 bits per heavy atom. The van der Waals surface area contributed by atoms with Gasteiger partial charge in [-0.1, -0.05) is 62.3 Å². The first kappa shape index (κ1) is 12.6. The SMILES string of the molecule is CCCCCC/C=C\C#Cc1ccccc1. The molecule has 84 valence electrons. The molecular formula is C16H20. The Labute approximate surface area is 99.4 Å². The van der Waals surface area contributed by atoms with E-state index in [0.29, 0.717) is 0 Å². The average Bonchev–Trinajstić information content (AvgIpc) is 2.34. The Balaban J connectivity index is 2.19. The Bertz CT molecular complexity index is 349. The molecule has 0 aliphatic heterocycles. The lowest BCUT2D eigenvalue weighted by Crippen LogP contribution is -1.73. The average molecular weight is 212 g/mol. The summed E-state index contributed by atoms with van der Waals surface area (Å²) in [5, 5.41) is 0. The van der Waals surface area contributed by atoms with E-state index >= 15 is 0 Å². The molecule has 0 heteroatoms. The molecule has 0 aromatic heterocycles. The minimum Gasteiger partial charge on any atom is -0.0761 e. The topological polar surface area (TPSA) is 0 Å². The van der Waals surface area contributed by atoms with Crippen molar-refractivity contribution in [1.82, 2.24) is 0 Å². The van der Waals surface area contributed by atoms with E-state index in [1.807, 2.05) is 36.4 Å². The van der Waals surface area contributed by atoms with Crippen LogP contribution in [-0.4, -0.2) is 0 Å². The Morgan fingerprint density at radius 3 is 2.62 bits per heavy atom. The first-order valence-electron chi connectivity index (χ1n) is 6.15. The largest absolute Gasteiger partial charge is 0.0761 e. The molecule has 0 saturated heterocycles. The van der Waals surface area contributed by atoms with Crippen molar-refractivity contribution in [3.63, 3.8) is 0 Å². The van der Waals surface area contributed by atoms with Crippen molar-refractivity contribution in [3.8, 4) is 11.8 Å². The Kier molecular flexibility index (Phi) is 6.92. The van der Waals surface area contributed by atoms with E-state index in [0.717, 1.165) is 12.0 Å². The number of hydrogen-bond acceptors (Lipinski definition) is 0. The fourth-order valence-electron chi connectivity index (χ4n) is 1.48. The third kappa shape index (κ3) is 6.09. The van der Waals surface area contributed by atoms with Gasteiger partial charge in [-0.15, -0.1) is 0 Å². The smallest absolute Gasteiger partial charge is 0.0248 e. The molecule has 0 nitrogen and oxygen atoms in total. The maximum atomic E-state index is 3.11. The van der Waals surface area contributed by atoms with Gasteiger partial charge in [0.15, 0.2) is 0 Å². The van der Waals surface area contributed by atoms with Crippen molar-refractivity contribution in [1.29, 1.82) is 0 Å². The highest BCUT2D eigenvalue weighted by molar-refractivity contribution is 5.36. The third-order valence-corrected chi connectivity index (χ3v) is 2.42. The summed E-state index contributed by atoms with van der Waals surface area (Å²) in [5.74, 6) is 6.17. The molecular weight excluding hydrogens is 192 g/mol. The van der Waals surface area contributed by atoms with Crippen molar-refractivity contribution in [3.05, 3.63) is 48.0 Å². The zero-order chi connectivity index (χ0) is 11.5. The van der Waals surface area contributed by atoms with E-state index in [4.69, 9.17) is 0 Å². The molecule has 0 radical (unpaired) electrons. The third-order valence-electron chi connectivity index (χ3n) is 2.42. The summed E-state index contributed by atoms with van der Waals surface area (Å²) < 4.78 is 0. The van der Waals surface area contributed by atoms with Crippen LogP contribution in [0.15, 0.2) is 42.5 Å². The highest BCUT2D eigenvalue weighted by atomic mass is 13.9. The van der Waals surface area contributed by atoms with Gasteiger partial charge >= 0.3 is 0 Å². The lowest BCUT2D eigenvalue weighted by atomic mass is 10.1. The minimum atomic E-state index is 1.08. The van der Waals surface area contributed by atoms with Crippen molar-refractivity contribution < 1.29 is 0 Å². The van der Waals surface area contributed by atoms with E-state index in [2.05, 4.69) is 24.8 Å². The van der Waals surface area contributed by atoms with E-state index in [1.165, 1.54) is 25.7 Å². The first-order valence-corrected chi connectivity index (χ1v) is 6.15. The van der Waals surface area contributed by atoms with Gasteiger partial charge in [-0.2, -0.15) is 0 Å². The van der Waals surface area contributed by atoms with Gasteiger partial charge in [-0.25, -0.2) is 0 Å². The summed E-state index contributed by atoms with van der Waals surface area (Å²) >= 11 is 0. The molecule has 1 aromatic rings. The molecule has 0 aliphatic rings. The molecule has 1 rings (SSSR count). The van der Waals surface area contributed by atoms with Gasteiger partial charge in [0.25, 0.3) is 0 Å². The van der Waals surface area contributed by atoms with Gasteiger partial charge in [-0.05, 0) is 31.1 Å². The second kappa shape index (κ2) is 8.80. The number of allylic oxidation sites excluding steroid dienone is 2. The van der Waals surface area contributed by atoms with Crippen LogP contribution in [0.4, 0.5) is 0 Å². The van der Waals surface area contributed by atoms with Crippen LogP contribution >= 0.6 is 0 Å². The minimum absolute atomic E-state index is 1.08. The van der Waals surface area contributed by atoms with Gasteiger partial charge < -0.3 is 0 Å². The summed E-state index contributed by atoms with van der Waals surface area (Å²) in [7, 11) is 0. The molecule has 0 bridgehead atoms.